The largest absolute Gasteiger partial charge is 0.383 e. The average Bonchev–Trinajstić information content (AvgIpc) is 2.33. The maximum absolute atomic E-state index is 13.5. The van der Waals surface area contributed by atoms with Crippen LogP contribution in [0.2, 0.25) is 5.02 Å². The lowest BCUT2D eigenvalue weighted by molar-refractivity contribution is 0.214. The molecule has 1 unspecified atom stereocenters. The molecule has 0 heterocycles. The summed E-state index contributed by atoms with van der Waals surface area (Å²) in [5.74, 6) is -4.41. The van der Waals surface area contributed by atoms with E-state index >= 15 is 0 Å². The summed E-state index contributed by atoms with van der Waals surface area (Å²) in [6.45, 7) is 0. The van der Waals surface area contributed by atoms with Gasteiger partial charge in [0.15, 0.2) is 11.6 Å². The summed E-state index contributed by atoms with van der Waals surface area (Å²) >= 11 is 5.71. The van der Waals surface area contributed by atoms with Crippen LogP contribution in [0.3, 0.4) is 0 Å². The Hall–Kier alpha value is -1.59. The van der Waals surface area contributed by atoms with Gasteiger partial charge in [0.2, 0.25) is 0 Å². The van der Waals surface area contributed by atoms with Crippen molar-refractivity contribution >= 4 is 11.6 Å². The molecule has 19 heavy (non-hydrogen) atoms. The second kappa shape index (κ2) is 5.19. The number of rotatable bonds is 2. The SMILES string of the molecule is OC(c1cc(F)c(F)cc1F)c1ccc(F)cc1Cl. The number of hydrogen-bond acceptors (Lipinski definition) is 1. The third kappa shape index (κ3) is 2.72. The second-order valence-electron chi connectivity index (χ2n) is 3.86. The minimum absolute atomic E-state index is 0.00650. The Labute approximate surface area is 111 Å². The number of aliphatic hydroxyl groups excluding tert-OH is 1. The molecule has 0 bridgehead atoms. The van der Waals surface area contributed by atoms with Crippen LogP contribution in [0, 0.1) is 23.3 Å². The topological polar surface area (TPSA) is 20.2 Å². The third-order valence-electron chi connectivity index (χ3n) is 2.59. The summed E-state index contributed by atoms with van der Waals surface area (Å²) in [6.07, 6.45) is -1.62. The van der Waals surface area contributed by atoms with Crippen LogP contribution in [0.1, 0.15) is 17.2 Å². The molecule has 0 amide bonds. The van der Waals surface area contributed by atoms with Gasteiger partial charge in [-0.15, -0.1) is 0 Å². The van der Waals surface area contributed by atoms with Crippen LogP contribution in [0.15, 0.2) is 30.3 Å². The summed E-state index contributed by atoms with van der Waals surface area (Å²) in [6, 6.07) is 3.95. The first-order chi connectivity index (χ1) is 8.90. The molecule has 0 saturated carbocycles. The van der Waals surface area contributed by atoms with Crippen molar-refractivity contribution in [3.05, 3.63) is 69.8 Å². The van der Waals surface area contributed by atoms with E-state index in [1.54, 1.807) is 0 Å². The summed E-state index contributed by atoms with van der Waals surface area (Å²) in [5.41, 5.74) is -0.486. The molecule has 0 aliphatic rings. The molecule has 0 aromatic heterocycles. The summed E-state index contributed by atoms with van der Waals surface area (Å²) in [7, 11) is 0. The highest BCUT2D eigenvalue weighted by Crippen LogP contribution is 2.31. The lowest BCUT2D eigenvalue weighted by Crippen LogP contribution is -2.05. The van der Waals surface area contributed by atoms with E-state index in [0.29, 0.717) is 12.1 Å². The van der Waals surface area contributed by atoms with Gasteiger partial charge in [-0.1, -0.05) is 17.7 Å². The van der Waals surface area contributed by atoms with Crippen LogP contribution in [0.4, 0.5) is 17.6 Å². The van der Waals surface area contributed by atoms with Crippen LogP contribution in [-0.4, -0.2) is 5.11 Å². The maximum atomic E-state index is 13.5. The fourth-order valence-corrected chi connectivity index (χ4v) is 1.91. The van der Waals surface area contributed by atoms with Gasteiger partial charge in [-0.25, -0.2) is 17.6 Å². The number of halogens is 5. The highest BCUT2D eigenvalue weighted by Gasteiger charge is 2.20. The van der Waals surface area contributed by atoms with Crippen molar-refractivity contribution < 1.29 is 22.7 Å². The minimum Gasteiger partial charge on any atom is -0.383 e. The summed E-state index contributed by atoms with van der Waals surface area (Å²) < 4.78 is 52.2. The van der Waals surface area contributed by atoms with E-state index in [1.807, 2.05) is 0 Å². The van der Waals surface area contributed by atoms with Crippen molar-refractivity contribution in [3.63, 3.8) is 0 Å². The van der Waals surface area contributed by atoms with Gasteiger partial charge >= 0.3 is 0 Å². The molecule has 2 aromatic rings. The van der Waals surface area contributed by atoms with Gasteiger partial charge in [0.1, 0.15) is 17.7 Å². The predicted octanol–water partition coefficient (Wildman–Crippen LogP) is 3.98. The van der Waals surface area contributed by atoms with Crippen LogP contribution in [0.5, 0.6) is 0 Å². The fourth-order valence-electron chi connectivity index (χ4n) is 1.64. The molecule has 2 aromatic carbocycles. The van der Waals surface area contributed by atoms with Gasteiger partial charge in [-0.3, -0.25) is 0 Å². The van der Waals surface area contributed by atoms with Crippen molar-refractivity contribution in [2.24, 2.45) is 0 Å². The van der Waals surface area contributed by atoms with Gasteiger partial charge in [0.25, 0.3) is 0 Å². The van der Waals surface area contributed by atoms with E-state index in [2.05, 4.69) is 0 Å². The van der Waals surface area contributed by atoms with E-state index in [1.165, 1.54) is 0 Å². The van der Waals surface area contributed by atoms with E-state index in [9.17, 15) is 22.7 Å². The molecule has 1 nitrogen and oxygen atoms in total. The van der Waals surface area contributed by atoms with Gasteiger partial charge < -0.3 is 5.11 Å². The van der Waals surface area contributed by atoms with Crippen LogP contribution in [0.25, 0.3) is 0 Å². The Morgan fingerprint density at radius 3 is 2.11 bits per heavy atom. The second-order valence-corrected chi connectivity index (χ2v) is 4.26. The van der Waals surface area contributed by atoms with Crippen molar-refractivity contribution in [1.29, 1.82) is 0 Å². The first kappa shape index (κ1) is 13.8. The Balaban J connectivity index is 2.49. The third-order valence-corrected chi connectivity index (χ3v) is 2.92. The van der Waals surface area contributed by atoms with Crippen LogP contribution in [-0.2, 0) is 0 Å². The molecule has 1 N–H and O–H groups in total. The zero-order valence-electron chi connectivity index (χ0n) is 9.30. The van der Waals surface area contributed by atoms with Gasteiger partial charge in [0.05, 0.1) is 0 Å². The Bertz CT molecular complexity index is 630. The van der Waals surface area contributed by atoms with Gasteiger partial charge in [-0.05, 0) is 18.2 Å². The normalized spacial score (nSPS) is 12.5. The smallest absolute Gasteiger partial charge is 0.161 e. The molecule has 0 saturated heterocycles. The van der Waals surface area contributed by atoms with Crippen molar-refractivity contribution in [3.8, 4) is 0 Å². The first-order valence-electron chi connectivity index (χ1n) is 5.17. The van der Waals surface area contributed by atoms with E-state index < -0.39 is 34.9 Å². The highest BCUT2D eigenvalue weighted by atomic mass is 35.5. The number of benzene rings is 2. The molecule has 0 fully saturated rings. The highest BCUT2D eigenvalue weighted by molar-refractivity contribution is 6.31. The zero-order chi connectivity index (χ0) is 14.2. The van der Waals surface area contributed by atoms with Crippen molar-refractivity contribution in [2.45, 2.75) is 6.10 Å². The zero-order valence-corrected chi connectivity index (χ0v) is 10.1. The molecule has 0 aliphatic carbocycles. The number of hydrogen-bond donors (Lipinski definition) is 1. The predicted molar refractivity (Wildman–Crippen MR) is 61.8 cm³/mol. The summed E-state index contributed by atoms with van der Waals surface area (Å²) in [4.78, 5) is 0. The van der Waals surface area contributed by atoms with Crippen LogP contribution < -0.4 is 0 Å². The van der Waals surface area contributed by atoms with Crippen molar-refractivity contribution in [2.75, 3.05) is 0 Å². The quantitative estimate of drug-likeness (QED) is 0.655. The fraction of sp³-hybridized carbons (Fsp3) is 0.0769. The van der Waals surface area contributed by atoms with E-state index in [-0.39, 0.29) is 10.6 Å². The first-order valence-corrected chi connectivity index (χ1v) is 5.55. The molecular formula is C13H7ClF4O. The monoisotopic (exact) mass is 290 g/mol. The molecule has 0 aliphatic heterocycles. The molecule has 6 heteroatoms. The maximum Gasteiger partial charge on any atom is 0.161 e. The molecule has 1 atom stereocenters. The molecule has 0 spiro atoms. The molecule has 2 rings (SSSR count). The Morgan fingerprint density at radius 1 is 0.842 bits per heavy atom. The lowest BCUT2D eigenvalue weighted by atomic mass is 10.0. The van der Waals surface area contributed by atoms with Gasteiger partial charge in [-0.2, -0.15) is 0 Å². The van der Waals surface area contributed by atoms with Gasteiger partial charge in [0, 0.05) is 22.2 Å². The standard InChI is InChI=1S/C13H7ClF4O/c14-9-3-6(15)1-2-7(9)13(19)8-4-11(17)12(18)5-10(8)16/h1-5,13,19H. The van der Waals surface area contributed by atoms with Crippen molar-refractivity contribution in [1.82, 2.24) is 0 Å². The average molecular weight is 291 g/mol. The number of aliphatic hydroxyl groups is 1. The van der Waals surface area contributed by atoms with E-state index in [4.69, 9.17) is 11.6 Å². The van der Waals surface area contributed by atoms with E-state index in [0.717, 1.165) is 18.2 Å². The molecule has 0 radical (unpaired) electrons. The molecular weight excluding hydrogens is 284 g/mol. The lowest BCUT2D eigenvalue weighted by Gasteiger charge is -2.14. The van der Waals surface area contributed by atoms with Crippen LogP contribution >= 0.6 is 11.6 Å². The Morgan fingerprint density at radius 2 is 1.47 bits per heavy atom. The Kier molecular flexibility index (Phi) is 3.78. The minimum atomic E-state index is -1.62. The summed E-state index contributed by atoms with van der Waals surface area (Å²) in [5, 5.41) is 9.78. The molecule has 100 valence electrons.